The minimum absolute atomic E-state index is 0.194. The normalized spacial score (nSPS) is 15.2. The second-order valence-corrected chi connectivity index (χ2v) is 9.85. The van der Waals surface area contributed by atoms with Crippen LogP contribution >= 0.6 is 0 Å². The van der Waals surface area contributed by atoms with Crippen LogP contribution in [0.4, 0.5) is 0 Å². The maximum atomic E-state index is 6.20. The Hall–Kier alpha value is -5.03. The number of imidazole rings is 1. The molecule has 7 heterocycles. The SMILES string of the molecule is c1cc2[nH]c(-c3n[nH]c4ccc(-c5cncc(OC6CCNCC6)c5)nc34)nc2c(-c2ccc3c(c2)OCO3)n1. The number of hydrogen-bond donors (Lipinski definition) is 3. The molecule has 40 heavy (non-hydrogen) atoms. The van der Waals surface area contributed by atoms with Gasteiger partial charge in [0.25, 0.3) is 0 Å². The molecule has 198 valence electrons. The van der Waals surface area contributed by atoms with E-state index >= 15 is 0 Å². The number of H-pyrrole nitrogens is 2. The van der Waals surface area contributed by atoms with Crippen molar-refractivity contribution in [1.29, 1.82) is 0 Å². The summed E-state index contributed by atoms with van der Waals surface area (Å²) in [4.78, 5) is 22.3. The lowest BCUT2D eigenvalue weighted by Gasteiger charge is -2.23. The van der Waals surface area contributed by atoms with Crippen LogP contribution in [0, 0.1) is 0 Å². The molecule has 0 bridgehead atoms. The first-order valence-electron chi connectivity index (χ1n) is 13.2. The van der Waals surface area contributed by atoms with Gasteiger partial charge < -0.3 is 24.5 Å². The minimum atomic E-state index is 0.194. The first-order chi connectivity index (χ1) is 19.8. The van der Waals surface area contributed by atoms with Crippen molar-refractivity contribution in [2.75, 3.05) is 19.9 Å². The highest BCUT2D eigenvalue weighted by molar-refractivity contribution is 5.95. The molecule has 3 N–H and O–H groups in total. The number of aromatic nitrogens is 7. The Balaban J connectivity index is 1.16. The number of hydrogen-bond acceptors (Lipinski definition) is 9. The van der Waals surface area contributed by atoms with E-state index in [1.807, 2.05) is 42.5 Å². The molecule has 0 amide bonds. The molecule has 1 aromatic carbocycles. The third-order valence-electron chi connectivity index (χ3n) is 7.28. The number of pyridine rings is 3. The van der Waals surface area contributed by atoms with E-state index in [2.05, 4.69) is 30.5 Å². The van der Waals surface area contributed by atoms with Crippen LogP contribution < -0.4 is 19.5 Å². The lowest BCUT2D eigenvalue weighted by molar-refractivity contribution is 0.162. The van der Waals surface area contributed by atoms with Crippen LogP contribution in [0.2, 0.25) is 0 Å². The molecule has 11 nitrogen and oxygen atoms in total. The van der Waals surface area contributed by atoms with Crippen LogP contribution in [0.25, 0.3) is 56.1 Å². The summed E-state index contributed by atoms with van der Waals surface area (Å²) in [6, 6.07) is 13.6. The molecule has 0 atom stereocenters. The second-order valence-electron chi connectivity index (χ2n) is 9.85. The van der Waals surface area contributed by atoms with E-state index in [0.29, 0.717) is 22.8 Å². The number of rotatable bonds is 5. The fourth-order valence-electron chi connectivity index (χ4n) is 5.26. The van der Waals surface area contributed by atoms with Gasteiger partial charge in [-0.2, -0.15) is 5.10 Å². The zero-order valence-electron chi connectivity index (χ0n) is 21.3. The van der Waals surface area contributed by atoms with Crippen molar-refractivity contribution < 1.29 is 14.2 Å². The molecule has 0 aliphatic carbocycles. The summed E-state index contributed by atoms with van der Waals surface area (Å²) in [5.74, 6) is 2.77. The number of aromatic amines is 2. The monoisotopic (exact) mass is 532 g/mol. The number of benzene rings is 1. The van der Waals surface area contributed by atoms with Crippen LogP contribution in [0.3, 0.4) is 0 Å². The first kappa shape index (κ1) is 22.9. The van der Waals surface area contributed by atoms with Gasteiger partial charge in [0, 0.05) is 23.5 Å². The van der Waals surface area contributed by atoms with Gasteiger partial charge in [-0.05, 0) is 68.4 Å². The summed E-state index contributed by atoms with van der Waals surface area (Å²) < 4.78 is 17.2. The van der Waals surface area contributed by atoms with Gasteiger partial charge in [-0.1, -0.05) is 0 Å². The van der Waals surface area contributed by atoms with E-state index in [-0.39, 0.29) is 12.9 Å². The number of piperidine rings is 1. The van der Waals surface area contributed by atoms with Gasteiger partial charge in [-0.25, -0.2) is 9.97 Å². The standard InChI is InChI=1S/C29H24N8O3/c1-4-23-24(39-15-38-23)12-16(1)25-26-21(7-10-32-25)34-29(35-26)28-27-22(36-37-28)3-2-20(33-27)17-11-19(14-31-13-17)40-18-5-8-30-9-6-18/h1-4,7,10-14,18,30H,5-6,8-9,15H2,(H,34,35)(H,36,37). The van der Waals surface area contributed by atoms with E-state index in [1.165, 1.54) is 0 Å². The van der Waals surface area contributed by atoms with Crippen LogP contribution in [-0.2, 0) is 0 Å². The molecule has 2 aliphatic heterocycles. The van der Waals surface area contributed by atoms with Crippen LogP contribution in [0.1, 0.15) is 12.8 Å². The fraction of sp³-hybridized carbons (Fsp3) is 0.207. The van der Waals surface area contributed by atoms with Crippen molar-refractivity contribution in [3.05, 3.63) is 61.1 Å². The molecule has 11 heteroatoms. The van der Waals surface area contributed by atoms with E-state index in [4.69, 9.17) is 24.2 Å². The first-order valence-corrected chi connectivity index (χ1v) is 13.2. The molecule has 5 aromatic heterocycles. The highest BCUT2D eigenvalue weighted by Gasteiger charge is 2.20. The molecule has 1 saturated heterocycles. The van der Waals surface area contributed by atoms with Gasteiger partial charge in [0.05, 0.1) is 28.6 Å². The van der Waals surface area contributed by atoms with Crippen molar-refractivity contribution in [2.24, 2.45) is 0 Å². The molecular weight excluding hydrogens is 508 g/mol. The van der Waals surface area contributed by atoms with Crippen molar-refractivity contribution >= 4 is 22.1 Å². The summed E-state index contributed by atoms with van der Waals surface area (Å²) in [5.41, 5.74) is 6.99. The fourth-order valence-corrected chi connectivity index (χ4v) is 5.26. The molecular formula is C29H24N8O3. The maximum absolute atomic E-state index is 6.20. The highest BCUT2D eigenvalue weighted by atomic mass is 16.7. The summed E-state index contributed by atoms with van der Waals surface area (Å²) >= 11 is 0. The topological polar surface area (TPSA) is 136 Å². The summed E-state index contributed by atoms with van der Waals surface area (Å²) in [7, 11) is 0. The molecule has 6 aromatic rings. The number of ether oxygens (including phenoxy) is 3. The molecule has 0 spiro atoms. The van der Waals surface area contributed by atoms with Crippen molar-refractivity contribution in [1.82, 2.24) is 40.4 Å². The van der Waals surface area contributed by atoms with Gasteiger partial charge in [-0.3, -0.25) is 15.1 Å². The Morgan fingerprint density at radius 2 is 1.73 bits per heavy atom. The third-order valence-corrected chi connectivity index (χ3v) is 7.28. The van der Waals surface area contributed by atoms with Crippen molar-refractivity contribution in [3.63, 3.8) is 0 Å². The largest absolute Gasteiger partial charge is 0.489 e. The predicted molar refractivity (Wildman–Crippen MR) is 148 cm³/mol. The van der Waals surface area contributed by atoms with E-state index in [9.17, 15) is 0 Å². The van der Waals surface area contributed by atoms with Crippen molar-refractivity contribution in [2.45, 2.75) is 18.9 Å². The molecule has 0 radical (unpaired) electrons. The van der Waals surface area contributed by atoms with E-state index in [0.717, 1.165) is 76.5 Å². The maximum Gasteiger partial charge on any atom is 0.231 e. The molecule has 0 unspecified atom stereocenters. The number of nitrogens with zero attached hydrogens (tertiary/aromatic N) is 5. The average molecular weight is 533 g/mol. The molecule has 0 saturated carbocycles. The van der Waals surface area contributed by atoms with Gasteiger partial charge >= 0.3 is 0 Å². The molecule has 1 fully saturated rings. The van der Waals surface area contributed by atoms with E-state index in [1.54, 1.807) is 18.6 Å². The quantitative estimate of drug-likeness (QED) is 0.293. The average Bonchev–Trinajstić information content (AvgIpc) is 3.75. The van der Waals surface area contributed by atoms with E-state index < -0.39 is 0 Å². The third kappa shape index (κ3) is 3.98. The molecule has 2 aliphatic rings. The summed E-state index contributed by atoms with van der Waals surface area (Å²) in [6.07, 6.45) is 7.47. The van der Waals surface area contributed by atoms with Gasteiger partial charge in [0.1, 0.15) is 22.9 Å². The number of nitrogens with one attached hydrogen (secondary N) is 3. The van der Waals surface area contributed by atoms with Gasteiger partial charge in [0.2, 0.25) is 6.79 Å². The predicted octanol–water partition coefficient (Wildman–Crippen LogP) is 4.48. The Morgan fingerprint density at radius 3 is 2.67 bits per heavy atom. The van der Waals surface area contributed by atoms with Crippen LogP contribution in [0.15, 0.2) is 61.1 Å². The lowest BCUT2D eigenvalue weighted by atomic mass is 10.1. The lowest BCUT2D eigenvalue weighted by Crippen LogP contribution is -2.34. The zero-order chi connectivity index (χ0) is 26.5. The Kier molecular flexibility index (Phi) is 5.33. The van der Waals surface area contributed by atoms with Gasteiger partial charge in [0.15, 0.2) is 23.0 Å². The van der Waals surface area contributed by atoms with Crippen LogP contribution in [-0.4, -0.2) is 61.1 Å². The highest BCUT2D eigenvalue weighted by Crippen LogP contribution is 2.37. The summed E-state index contributed by atoms with van der Waals surface area (Å²) in [6.45, 7) is 2.15. The minimum Gasteiger partial charge on any atom is -0.489 e. The second kappa shape index (κ2) is 9.31. The summed E-state index contributed by atoms with van der Waals surface area (Å²) in [5, 5.41) is 11.0. The Labute approximate surface area is 228 Å². The van der Waals surface area contributed by atoms with Crippen molar-refractivity contribution in [3.8, 4) is 51.3 Å². The zero-order valence-corrected chi connectivity index (χ0v) is 21.3. The van der Waals surface area contributed by atoms with Crippen LogP contribution in [0.5, 0.6) is 17.2 Å². The Morgan fingerprint density at radius 1 is 0.825 bits per heavy atom. The Bertz CT molecular complexity index is 1870. The smallest absolute Gasteiger partial charge is 0.231 e. The van der Waals surface area contributed by atoms with Gasteiger partial charge in [-0.15, -0.1) is 0 Å². The number of fused-ring (bicyclic) bond motifs is 3. The molecule has 8 rings (SSSR count).